The average Bonchev–Trinajstić information content (AvgIpc) is 2.29. The van der Waals surface area contributed by atoms with E-state index in [1.807, 2.05) is 13.0 Å². The second-order valence-corrected chi connectivity index (χ2v) is 4.27. The molecule has 0 fully saturated rings. The van der Waals surface area contributed by atoms with Crippen LogP contribution < -0.4 is 10.6 Å². The van der Waals surface area contributed by atoms with Crippen LogP contribution in [0.2, 0.25) is 5.02 Å². The summed E-state index contributed by atoms with van der Waals surface area (Å²) in [7, 11) is 0. The van der Waals surface area contributed by atoms with E-state index in [-0.39, 0.29) is 6.42 Å². The van der Waals surface area contributed by atoms with Crippen molar-refractivity contribution in [3.63, 3.8) is 0 Å². The van der Waals surface area contributed by atoms with Crippen molar-refractivity contribution in [1.29, 1.82) is 0 Å². The van der Waals surface area contributed by atoms with Gasteiger partial charge < -0.3 is 15.7 Å². The first-order chi connectivity index (χ1) is 8.49. The fourth-order valence-corrected chi connectivity index (χ4v) is 1.51. The lowest BCUT2D eigenvalue weighted by atomic mass is 10.2. The maximum absolute atomic E-state index is 11.5. The van der Waals surface area contributed by atoms with Gasteiger partial charge >= 0.3 is 12.0 Å². The van der Waals surface area contributed by atoms with Gasteiger partial charge in [0.1, 0.15) is 0 Å². The number of rotatable bonds is 5. The molecule has 0 aliphatic carbocycles. The molecule has 3 N–H and O–H groups in total. The van der Waals surface area contributed by atoms with Crippen LogP contribution in [0.3, 0.4) is 0 Å². The van der Waals surface area contributed by atoms with E-state index in [1.54, 1.807) is 12.1 Å². The number of benzene rings is 1. The Balaban J connectivity index is 2.40. The average molecular weight is 271 g/mol. The summed E-state index contributed by atoms with van der Waals surface area (Å²) in [6.45, 7) is 2.20. The number of nitrogens with one attached hydrogen (secondary N) is 2. The van der Waals surface area contributed by atoms with E-state index >= 15 is 0 Å². The highest BCUT2D eigenvalue weighted by atomic mass is 35.5. The molecule has 0 radical (unpaired) electrons. The molecule has 5 nitrogen and oxygen atoms in total. The number of carboxylic acid groups (broad SMARTS) is 1. The van der Waals surface area contributed by atoms with Crippen molar-refractivity contribution in [2.45, 2.75) is 19.8 Å². The molecular formula is C12H15ClN2O3. The molecule has 0 heterocycles. The van der Waals surface area contributed by atoms with Gasteiger partial charge in [-0.05, 0) is 31.0 Å². The molecule has 0 saturated heterocycles. The molecule has 2 amide bonds. The Morgan fingerprint density at radius 3 is 2.78 bits per heavy atom. The van der Waals surface area contributed by atoms with Crippen LogP contribution >= 0.6 is 11.6 Å². The molecule has 0 aromatic heterocycles. The van der Waals surface area contributed by atoms with Crippen LogP contribution in [0, 0.1) is 6.92 Å². The first kappa shape index (κ1) is 14.3. The first-order valence-electron chi connectivity index (χ1n) is 5.52. The maximum Gasteiger partial charge on any atom is 0.319 e. The molecule has 0 atom stereocenters. The molecule has 18 heavy (non-hydrogen) atoms. The van der Waals surface area contributed by atoms with E-state index in [2.05, 4.69) is 10.6 Å². The van der Waals surface area contributed by atoms with Crippen molar-refractivity contribution in [2.75, 3.05) is 11.9 Å². The quantitative estimate of drug-likeness (QED) is 0.720. The molecular weight excluding hydrogens is 256 g/mol. The number of anilines is 1. The Bertz CT molecular complexity index is 449. The van der Waals surface area contributed by atoms with Gasteiger partial charge in [0, 0.05) is 13.0 Å². The summed E-state index contributed by atoms with van der Waals surface area (Å²) in [5.74, 6) is -0.876. The van der Waals surface area contributed by atoms with Crippen molar-refractivity contribution in [3.05, 3.63) is 28.8 Å². The number of hydrogen-bond acceptors (Lipinski definition) is 2. The third-order valence-corrected chi connectivity index (χ3v) is 2.55. The molecule has 0 bridgehead atoms. The minimum atomic E-state index is -0.876. The minimum absolute atomic E-state index is 0.0332. The molecule has 98 valence electrons. The lowest BCUT2D eigenvalue weighted by molar-refractivity contribution is -0.137. The number of aryl methyl sites for hydroxylation is 1. The molecule has 0 unspecified atom stereocenters. The van der Waals surface area contributed by atoms with Crippen LogP contribution in [-0.2, 0) is 4.79 Å². The predicted octanol–water partition coefficient (Wildman–Crippen LogP) is 2.63. The monoisotopic (exact) mass is 270 g/mol. The van der Waals surface area contributed by atoms with E-state index in [4.69, 9.17) is 16.7 Å². The Hall–Kier alpha value is -1.75. The Kier molecular flexibility index (Phi) is 5.45. The highest BCUT2D eigenvalue weighted by molar-refractivity contribution is 6.33. The summed E-state index contributed by atoms with van der Waals surface area (Å²) in [6.07, 6.45) is 0.426. The number of amides is 2. The summed E-state index contributed by atoms with van der Waals surface area (Å²) < 4.78 is 0. The van der Waals surface area contributed by atoms with Gasteiger partial charge in [0.05, 0.1) is 10.7 Å². The zero-order valence-electron chi connectivity index (χ0n) is 10.00. The van der Waals surface area contributed by atoms with Gasteiger partial charge in [-0.2, -0.15) is 0 Å². The number of halogens is 1. The van der Waals surface area contributed by atoms with Crippen molar-refractivity contribution >= 4 is 29.3 Å². The van der Waals surface area contributed by atoms with Gasteiger partial charge in [-0.25, -0.2) is 4.79 Å². The standard InChI is InChI=1S/C12H15ClN2O3/c1-8-4-5-9(13)10(7-8)15-12(18)14-6-2-3-11(16)17/h4-5,7H,2-3,6H2,1H3,(H,16,17)(H2,14,15,18). The van der Waals surface area contributed by atoms with Gasteiger partial charge in [-0.15, -0.1) is 0 Å². The maximum atomic E-state index is 11.5. The lowest BCUT2D eigenvalue weighted by Crippen LogP contribution is -2.29. The van der Waals surface area contributed by atoms with Crippen LogP contribution in [-0.4, -0.2) is 23.7 Å². The van der Waals surface area contributed by atoms with Crippen molar-refractivity contribution < 1.29 is 14.7 Å². The summed E-state index contributed by atoms with van der Waals surface area (Å²) in [6, 6.07) is 4.92. The molecule has 0 spiro atoms. The van der Waals surface area contributed by atoms with Gasteiger partial charge in [-0.1, -0.05) is 17.7 Å². The van der Waals surface area contributed by atoms with E-state index in [0.717, 1.165) is 5.56 Å². The van der Waals surface area contributed by atoms with Gasteiger partial charge in [-0.3, -0.25) is 4.79 Å². The normalized spacial score (nSPS) is 9.89. The summed E-state index contributed by atoms with van der Waals surface area (Å²) in [5, 5.41) is 14.1. The Morgan fingerprint density at radius 2 is 2.11 bits per heavy atom. The Morgan fingerprint density at radius 1 is 1.39 bits per heavy atom. The van der Waals surface area contributed by atoms with E-state index in [1.165, 1.54) is 0 Å². The SMILES string of the molecule is Cc1ccc(Cl)c(NC(=O)NCCCC(=O)O)c1. The molecule has 0 aliphatic rings. The molecule has 1 aromatic rings. The summed E-state index contributed by atoms with van der Waals surface area (Å²) >= 11 is 5.92. The summed E-state index contributed by atoms with van der Waals surface area (Å²) in [5.41, 5.74) is 1.52. The van der Waals surface area contributed by atoms with Crippen LogP contribution in [0.5, 0.6) is 0 Å². The van der Waals surface area contributed by atoms with Crippen molar-refractivity contribution in [2.24, 2.45) is 0 Å². The fraction of sp³-hybridized carbons (Fsp3) is 0.333. The van der Waals surface area contributed by atoms with Crippen molar-refractivity contribution in [3.8, 4) is 0 Å². The van der Waals surface area contributed by atoms with Gasteiger partial charge in [0.15, 0.2) is 0 Å². The second kappa shape index (κ2) is 6.86. The molecule has 1 rings (SSSR count). The van der Waals surface area contributed by atoms with Gasteiger partial charge in [0.2, 0.25) is 0 Å². The van der Waals surface area contributed by atoms with E-state index < -0.39 is 12.0 Å². The van der Waals surface area contributed by atoms with E-state index in [9.17, 15) is 9.59 Å². The number of urea groups is 1. The second-order valence-electron chi connectivity index (χ2n) is 3.86. The predicted molar refractivity (Wildman–Crippen MR) is 70.1 cm³/mol. The van der Waals surface area contributed by atoms with Crippen LogP contribution in [0.15, 0.2) is 18.2 Å². The molecule has 6 heteroatoms. The molecule has 1 aromatic carbocycles. The number of carboxylic acids is 1. The van der Waals surface area contributed by atoms with Crippen LogP contribution in [0.25, 0.3) is 0 Å². The lowest BCUT2D eigenvalue weighted by Gasteiger charge is -2.09. The minimum Gasteiger partial charge on any atom is -0.481 e. The highest BCUT2D eigenvalue weighted by Crippen LogP contribution is 2.22. The number of carbonyl (C=O) groups excluding carboxylic acids is 1. The smallest absolute Gasteiger partial charge is 0.319 e. The first-order valence-corrected chi connectivity index (χ1v) is 5.89. The topological polar surface area (TPSA) is 78.4 Å². The zero-order valence-corrected chi connectivity index (χ0v) is 10.8. The Labute approximate surface area is 110 Å². The third-order valence-electron chi connectivity index (χ3n) is 2.22. The number of aliphatic carboxylic acids is 1. The zero-order chi connectivity index (χ0) is 13.5. The van der Waals surface area contributed by atoms with Crippen molar-refractivity contribution in [1.82, 2.24) is 5.32 Å². The molecule has 0 saturated carbocycles. The largest absolute Gasteiger partial charge is 0.481 e. The highest BCUT2D eigenvalue weighted by Gasteiger charge is 2.05. The molecule has 0 aliphatic heterocycles. The number of carbonyl (C=O) groups is 2. The van der Waals surface area contributed by atoms with Crippen LogP contribution in [0.1, 0.15) is 18.4 Å². The number of hydrogen-bond donors (Lipinski definition) is 3. The van der Waals surface area contributed by atoms with Crippen LogP contribution in [0.4, 0.5) is 10.5 Å². The summed E-state index contributed by atoms with van der Waals surface area (Å²) in [4.78, 5) is 21.8. The van der Waals surface area contributed by atoms with E-state index in [0.29, 0.717) is 23.7 Å². The van der Waals surface area contributed by atoms with Gasteiger partial charge in [0.25, 0.3) is 0 Å². The third kappa shape index (κ3) is 5.05. The fourth-order valence-electron chi connectivity index (χ4n) is 1.34.